The van der Waals surface area contributed by atoms with Crippen molar-refractivity contribution < 1.29 is 4.79 Å². The van der Waals surface area contributed by atoms with Crippen LogP contribution in [0.2, 0.25) is 15.1 Å². The molecule has 1 aliphatic heterocycles. The molecule has 3 atom stereocenters. The molecule has 2 fully saturated rings. The third-order valence-corrected chi connectivity index (χ3v) is 7.29. The van der Waals surface area contributed by atoms with Gasteiger partial charge in [-0.05, 0) is 53.8 Å². The zero-order valence-electron chi connectivity index (χ0n) is 17.4. The standard InChI is InChI=1S/C26H23Cl3N2O/c27-19-8-6-18(7-9-19)25-16-30(12-13-31(25)24-11-10-20(28)14-23(24)29)26(32)22-15-21(22)17-4-2-1-3-5-17/h1-11,14,21-22,25H,12-13,15-16H2/t21-,22+,25?/m0/s1. The number of amides is 1. The number of nitrogens with zero attached hydrogens (tertiary/aromatic N) is 2. The lowest BCUT2D eigenvalue weighted by Gasteiger charge is -2.43. The third-order valence-electron chi connectivity index (χ3n) is 6.50. The molecule has 0 spiro atoms. The van der Waals surface area contributed by atoms with Gasteiger partial charge >= 0.3 is 0 Å². The number of hydrogen-bond donors (Lipinski definition) is 0. The van der Waals surface area contributed by atoms with Gasteiger partial charge in [-0.15, -0.1) is 0 Å². The van der Waals surface area contributed by atoms with Gasteiger partial charge in [0, 0.05) is 35.6 Å². The average Bonchev–Trinajstić information content (AvgIpc) is 3.61. The quantitative estimate of drug-likeness (QED) is 0.404. The summed E-state index contributed by atoms with van der Waals surface area (Å²) in [5.41, 5.74) is 3.29. The first kappa shape index (κ1) is 21.6. The molecule has 0 bridgehead atoms. The molecule has 6 heteroatoms. The van der Waals surface area contributed by atoms with Crippen molar-refractivity contribution >= 4 is 46.4 Å². The number of benzene rings is 3. The van der Waals surface area contributed by atoms with E-state index in [1.54, 1.807) is 6.07 Å². The molecule has 1 saturated carbocycles. The van der Waals surface area contributed by atoms with E-state index in [4.69, 9.17) is 34.8 Å². The van der Waals surface area contributed by atoms with Gasteiger partial charge in [0.05, 0.1) is 16.8 Å². The summed E-state index contributed by atoms with van der Waals surface area (Å²) in [6.45, 7) is 1.97. The summed E-state index contributed by atoms with van der Waals surface area (Å²) < 4.78 is 0. The second-order valence-electron chi connectivity index (χ2n) is 8.50. The van der Waals surface area contributed by atoms with Crippen LogP contribution in [0.25, 0.3) is 0 Å². The van der Waals surface area contributed by atoms with Crippen molar-refractivity contribution in [1.29, 1.82) is 0 Å². The highest BCUT2D eigenvalue weighted by Gasteiger charge is 2.47. The van der Waals surface area contributed by atoms with Crippen LogP contribution in [0.15, 0.2) is 72.8 Å². The van der Waals surface area contributed by atoms with Crippen LogP contribution >= 0.6 is 34.8 Å². The van der Waals surface area contributed by atoms with Gasteiger partial charge in [0.15, 0.2) is 0 Å². The highest BCUT2D eigenvalue weighted by Crippen LogP contribution is 2.49. The van der Waals surface area contributed by atoms with Gasteiger partial charge in [-0.3, -0.25) is 4.79 Å². The number of anilines is 1. The van der Waals surface area contributed by atoms with Crippen molar-refractivity contribution in [3.05, 3.63) is 99.0 Å². The fourth-order valence-corrected chi connectivity index (χ4v) is 5.37. The van der Waals surface area contributed by atoms with Crippen LogP contribution in [-0.2, 0) is 4.79 Å². The Hall–Kier alpha value is -2.20. The summed E-state index contributed by atoms with van der Waals surface area (Å²) in [6, 6.07) is 23.7. The fraction of sp³-hybridized carbons (Fsp3) is 0.269. The number of rotatable bonds is 4. The summed E-state index contributed by atoms with van der Waals surface area (Å²) >= 11 is 18.8. The van der Waals surface area contributed by atoms with Gasteiger partial charge < -0.3 is 9.80 Å². The molecule has 0 radical (unpaired) electrons. The van der Waals surface area contributed by atoms with Gasteiger partial charge in [-0.1, -0.05) is 77.3 Å². The van der Waals surface area contributed by atoms with Gasteiger partial charge in [0.1, 0.15) is 0 Å². The smallest absolute Gasteiger partial charge is 0.226 e. The van der Waals surface area contributed by atoms with Crippen LogP contribution in [0.3, 0.4) is 0 Å². The van der Waals surface area contributed by atoms with E-state index in [9.17, 15) is 4.79 Å². The minimum atomic E-state index is -0.0161. The Balaban J connectivity index is 1.39. The van der Waals surface area contributed by atoms with Crippen LogP contribution < -0.4 is 4.90 Å². The van der Waals surface area contributed by atoms with E-state index >= 15 is 0 Å². The SMILES string of the molecule is O=C([C@@H]1C[C@H]1c1ccccc1)N1CCN(c2ccc(Cl)cc2Cl)C(c2ccc(Cl)cc2)C1. The molecule has 5 rings (SSSR count). The molecule has 1 heterocycles. The van der Waals surface area contributed by atoms with Crippen molar-refractivity contribution in [2.75, 3.05) is 24.5 Å². The van der Waals surface area contributed by atoms with Crippen molar-refractivity contribution in [2.24, 2.45) is 5.92 Å². The van der Waals surface area contributed by atoms with Crippen LogP contribution in [0.4, 0.5) is 5.69 Å². The largest absolute Gasteiger partial charge is 0.360 e. The van der Waals surface area contributed by atoms with E-state index in [0.29, 0.717) is 40.6 Å². The Bertz CT molecular complexity index is 1120. The predicted molar refractivity (Wildman–Crippen MR) is 132 cm³/mol. The van der Waals surface area contributed by atoms with E-state index < -0.39 is 0 Å². The third kappa shape index (κ3) is 4.34. The molecule has 3 aromatic carbocycles. The Labute approximate surface area is 203 Å². The van der Waals surface area contributed by atoms with Crippen LogP contribution in [-0.4, -0.2) is 30.4 Å². The van der Waals surface area contributed by atoms with Crippen molar-refractivity contribution in [2.45, 2.75) is 18.4 Å². The monoisotopic (exact) mass is 484 g/mol. The highest BCUT2D eigenvalue weighted by molar-refractivity contribution is 6.36. The molecule has 1 amide bonds. The molecule has 1 saturated heterocycles. The lowest BCUT2D eigenvalue weighted by Crippen LogP contribution is -2.51. The molecule has 1 unspecified atom stereocenters. The second-order valence-corrected chi connectivity index (χ2v) is 9.78. The lowest BCUT2D eigenvalue weighted by atomic mass is 10.0. The maximum Gasteiger partial charge on any atom is 0.226 e. The summed E-state index contributed by atoms with van der Waals surface area (Å²) in [7, 11) is 0. The fourth-order valence-electron chi connectivity index (χ4n) is 4.73. The Morgan fingerprint density at radius 2 is 1.53 bits per heavy atom. The topological polar surface area (TPSA) is 23.6 Å². The Morgan fingerprint density at radius 3 is 2.25 bits per heavy atom. The Morgan fingerprint density at radius 1 is 0.812 bits per heavy atom. The number of carbonyl (C=O) groups is 1. The molecule has 3 nitrogen and oxygen atoms in total. The van der Waals surface area contributed by atoms with E-state index in [1.165, 1.54) is 5.56 Å². The normalized spacial score (nSPS) is 22.7. The number of carbonyl (C=O) groups excluding carboxylic acids is 1. The first-order valence-electron chi connectivity index (χ1n) is 10.8. The minimum absolute atomic E-state index is 0.0161. The van der Waals surface area contributed by atoms with Crippen LogP contribution in [0.1, 0.15) is 29.5 Å². The van der Waals surface area contributed by atoms with Gasteiger partial charge in [-0.25, -0.2) is 0 Å². The van der Waals surface area contributed by atoms with E-state index in [0.717, 1.165) is 17.7 Å². The zero-order chi connectivity index (χ0) is 22.2. The summed E-state index contributed by atoms with van der Waals surface area (Å²) in [5, 5.41) is 1.91. The number of piperazine rings is 1. The molecule has 164 valence electrons. The summed E-state index contributed by atoms with van der Waals surface area (Å²) in [4.78, 5) is 17.7. The molecule has 0 aromatic heterocycles. The molecule has 3 aromatic rings. The minimum Gasteiger partial charge on any atom is -0.360 e. The Kier molecular flexibility index (Phi) is 6.07. The van der Waals surface area contributed by atoms with E-state index in [1.807, 2.05) is 59.5 Å². The maximum absolute atomic E-state index is 13.4. The van der Waals surface area contributed by atoms with E-state index in [2.05, 4.69) is 17.0 Å². The van der Waals surface area contributed by atoms with Gasteiger partial charge in [0.25, 0.3) is 0 Å². The van der Waals surface area contributed by atoms with Crippen LogP contribution in [0, 0.1) is 5.92 Å². The van der Waals surface area contributed by atoms with E-state index in [-0.39, 0.29) is 17.9 Å². The van der Waals surface area contributed by atoms with Crippen molar-refractivity contribution in [3.63, 3.8) is 0 Å². The average molecular weight is 486 g/mol. The molecule has 1 aliphatic carbocycles. The molecule has 0 N–H and O–H groups in total. The van der Waals surface area contributed by atoms with Crippen LogP contribution in [0.5, 0.6) is 0 Å². The highest BCUT2D eigenvalue weighted by atomic mass is 35.5. The molecular formula is C26H23Cl3N2O. The van der Waals surface area contributed by atoms with Gasteiger partial charge in [-0.2, -0.15) is 0 Å². The summed E-state index contributed by atoms with van der Waals surface area (Å²) in [5.74, 6) is 0.662. The first-order chi connectivity index (χ1) is 15.5. The molecule has 32 heavy (non-hydrogen) atoms. The van der Waals surface area contributed by atoms with Crippen molar-refractivity contribution in [3.8, 4) is 0 Å². The summed E-state index contributed by atoms with van der Waals surface area (Å²) in [6.07, 6.45) is 0.928. The zero-order valence-corrected chi connectivity index (χ0v) is 19.7. The molecule has 2 aliphatic rings. The first-order valence-corrected chi connectivity index (χ1v) is 12.0. The number of halogens is 3. The predicted octanol–water partition coefficient (Wildman–Crippen LogP) is 6.84. The second kappa shape index (κ2) is 8.97. The number of hydrogen-bond acceptors (Lipinski definition) is 2. The maximum atomic E-state index is 13.4. The van der Waals surface area contributed by atoms with Gasteiger partial charge in [0.2, 0.25) is 5.91 Å². The lowest BCUT2D eigenvalue weighted by molar-refractivity contribution is -0.133. The molecular weight excluding hydrogens is 463 g/mol. The van der Waals surface area contributed by atoms with Crippen molar-refractivity contribution in [1.82, 2.24) is 4.90 Å².